The molecule has 0 spiro atoms. The van der Waals surface area contributed by atoms with E-state index >= 15 is 0 Å². The average Bonchev–Trinajstić information content (AvgIpc) is 2.53. The Bertz CT molecular complexity index is 582. The molecule has 4 atom stereocenters. The predicted molar refractivity (Wildman–Crippen MR) is 171 cm³/mol. The molecule has 0 rings (SSSR count). The van der Waals surface area contributed by atoms with Gasteiger partial charge in [-0.2, -0.15) is 0 Å². The molecule has 0 N–H and O–H groups in total. The number of hydrogen-bond donors (Lipinski definition) is 0. The summed E-state index contributed by atoms with van der Waals surface area (Å²) >= 11 is 0. The van der Waals surface area contributed by atoms with Gasteiger partial charge in [-0.15, -0.1) is 0 Å². The Balaban J connectivity index is 6.80. The van der Waals surface area contributed by atoms with Crippen molar-refractivity contribution in [2.75, 3.05) is 13.2 Å². The minimum absolute atomic E-state index is 0.226. The fourth-order valence-corrected chi connectivity index (χ4v) is 9.24. The molecular formula is C24H62O6Si6. The minimum atomic E-state index is -1.99. The summed E-state index contributed by atoms with van der Waals surface area (Å²) in [5.41, 5.74) is 0. The first-order chi connectivity index (χ1) is 15.6. The van der Waals surface area contributed by atoms with Gasteiger partial charge in [0.1, 0.15) is 0 Å². The third-order valence-electron chi connectivity index (χ3n) is 4.41. The zero-order valence-electron chi connectivity index (χ0n) is 27.2. The summed E-state index contributed by atoms with van der Waals surface area (Å²) in [6.07, 6.45) is -1.04. The maximum Gasteiger partial charge on any atom is 0.184 e. The predicted octanol–water partition coefficient (Wildman–Crippen LogP) is 7.57. The highest BCUT2D eigenvalue weighted by Gasteiger charge is 2.45. The summed E-state index contributed by atoms with van der Waals surface area (Å²) in [5, 5.41) is 0. The van der Waals surface area contributed by atoms with Crippen molar-refractivity contribution in [2.45, 2.75) is 142 Å². The molecule has 0 unspecified atom stereocenters. The van der Waals surface area contributed by atoms with Crippen molar-refractivity contribution in [3.63, 3.8) is 0 Å². The minimum Gasteiger partial charge on any atom is -0.415 e. The molecule has 0 aliphatic carbocycles. The van der Waals surface area contributed by atoms with Gasteiger partial charge >= 0.3 is 0 Å². The Morgan fingerprint density at radius 3 is 0.722 bits per heavy atom. The van der Waals surface area contributed by atoms with Crippen LogP contribution in [0.1, 0.15) is 0 Å². The van der Waals surface area contributed by atoms with Crippen molar-refractivity contribution in [1.29, 1.82) is 0 Å². The molecule has 0 heterocycles. The smallest absolute Gasteiger partial charge is 0.184 e. The Hall–Kier alpha value is 1.06. The molecule has 0 aromatic carbocycles. The lowest BCUT2D eigenvalue weighted by Crippen LogP contribution is -2.60. The molecule has 0 aromatic rings. The lowest BCUT2D eigenvalue weighted by atomic mass is 10.0. The Kier molecular flexibility index (Phi) is 14.0. The molecule has 218 valence electrons. The summed E-state index contributed by atoms with van der Waals surface area (Å²) in [7, 11) is -11.4. The third-order valence-corrected chi connectivity index (χ3v) is 10.5. The average molecular weight is 615 g/mol. The highest BCUT2D eigenvalue weighted by Crippen LogP contribution is 2.29. The van der Waals surface area contributed by atoms with Gasteiger partial charge in [0.05, 0.1) is 37.6 Å². The van der Waals surface area contributed by atoms with Crippen LogP contribution in [0.2, 0.25) is 118 Å². The van der Waals surface area contributed by atoms with Crippen molar-refractivity contribution in [1.82, 2.24) is 0 Å². The first kappa shape index (κ1) is 37.1. The molecular weight excluding hydrogens is 553 g/mol. The van der Waals surface area contributed by atoms with E-state index in [1.807, 2.05) is 0 Å². The van der Waals surface area contributed by atoms with Crippen LogP contribution in [-0.2, 0) is 26.6 Å². The van der Waals surface area contributed by atoms with Gasteiger partial charge in [0.25, 0.3) is 0 Å². The van der Waals surface area contributed by atoms with Gasteiger partial charge < -0.3 is 26.6 Å². The van der Waals surface area contributed by atoms with Crippen LogP contribution in [0, 0.1) is 0 Å². The van der Waals surface area contributed by atoms with Gasteiger partial charge in [0, 0.05) is 0 Å². The maximum absolute atomic E-state index is 7.01. The third kappa shape index (κ3) is 20.0. The van der Waals surface area contributed by atoms with E-state index in [0.717, 1.165) is 0 Å². The molecule has 0 saturated carbocycles. The monoisotopic (exact) mass is 614 g/mol. The fraction of sp³-hybridized carbons (Fsp3) is 1.00. The zero-order valence-corrected chi connectivity index (χ0v) is 33.2. The first-order valence-corrected chi connectivity index (χ1v) is 34.0. The molecule has 0 radical (unpaired) electrons. The Labute approximate surface area is 231 Å². The van der Waals surface area contributed by atoms with Crippen LogP contribution in [0.15, 0.2) is 0 Å². The topological polar surface area (TPSA) is 55.4 Å². The summed E-state index contributed by atoms with van der Waals surface area (Å²) in [6.45, 7) is 41.2. The van der Waals surface area contributed by atoms with E-state index in [1.54, 1.807) is 0 Å². The normalized spacial score (nSPS) is 18.2. The molecule has 0 saturated heterocycles. The van der Waals surface area contributed by atoms with Crippen molar-refractivity contribution in [3.8, 4) is 0 Å². The van der Waals surface area contributed by atoms with E-state index in [1.165, 1.54) is 0 Å². The summed E-state index contributed by atoms with van der Waals surface area (Å²) < 4.78 is 40.7. The van der Waals surface area contributed by atoms with Crippen LogP contribution in [0.25, 0.3) is 0 Å². The van der Waals surface area contributed by atoms with E-state index < -0.39 is 49.9 Å². The molecule has 6 nitrogen and oxygen atoms in total. The van der Waals surface area contributed by atoms with Crippen molar-refractivity contribution < 1.29 is 26.6 Å². The van der Waals surface area contributed by atoms with E-state index in [0.29, 0.717) is 13.2 Å². The van der Waals surface area contributed by atoms with Crippen LogP contribution in [0.5, 0.6) is 0 Å². The standard InChI is InChI=1S/C24H62O6Si6/c1-31(2,3)25-19-21(27-33(7,8)9)23(29-35(13,14)15)24(30-36(16,17)18)22(28-34(10,11)12)20-26-32(4,5)6/h21-24H,19-20H2,1-18H3/t21-,22-,23-,24+/m1/s1. The quantitative estimate of drug-likeness (QED) is 0.158. The second-order valence-corrected chi connectivity index (χ2v) is 42.6. The lowest BCUT2D eigenvalue weighted by molar-refractivity contribution is -0.0958. The molecule has 0 fully saturated rings. The van der Waals surface area contributed by atoms with Gasteiger partial charge in [0.15, 0.2) is 49.9 Å². The van der Waals surface area contributed by atoms with Gasteiger partial charge in [0.2, 0.25) is 0 Å². The summed E-state index contributed by atoms with van der Waals surface area (Å²) in [6, 6.07) is 0. The molecule has 12 heteroatoms. The lowest BCUT2D eigenvalue weighted by Gasteiger charge is -2.46. The van der Waals surface area contributed by atoms with Gasteiger partial charge in [-0.1, -0.05) is 0 Å². The second kappa shape index (κ2) is 13.6. The van der Waals surface area contributed by atoms with Crippen LogP contribution in [0.3, 0.4) is 0 Å². The summed E-state index contributed by atoms with van der Waals surface area (Å²) in [5.74, 6) is 0. The van der Waals surface area contributed by atoms with Gasteiger partial charge in [-0.05, 0) is 118 Å². The second-order valence-electron chi connectivity index (χ2n) is 15.8. The first-order valence-electron chi connectivity index (χ1n) is 13.6. The van der Waals surface area contributed by atoms with Crippen molar-refractivity contribution in [2.24, 2.45) is 0 Å². The highest BCUT2D eigenvalue weighted by molar-refractivity contribution is 6.71. The van der Waals surface area contributed by atoms with Crippen molar-refractivity contribution >= 4 is 49.9 Å². The van der Waals surface area contributed by atoms with Gasteiger partial charge in [-0.3, -0.25) is 0 Å². The van der Waals surface area contributed by atoms with Crippen molar-refractivity contribution in [3.05, 3.63) is 0 Å². The molecule has 0 aromatic heterocycles. The Morgan fingerprint density at radius 1 is 0.333 bits per heavy atom. The van der Waals surface area contributed by atoms with Crippen LogP contribution in [-0.4, -0.2) is 87.5 Å². The van der Waals surface area contributed by atoms with E-state index in [4.69, 9.17) is 26.6 Å². The zero-order chi connectivity index (χ0) is 29.0. The number of hydrogen-bond acceptors (Lipinski definition) is 6. The van der Waals surface area contributed by atoms with Crippen LogP contribution < -0.4 is 0 Å². The largest absolute Gasteiger partial charge is 0.415 e. The van der Waals surface area contributed by atoms with E-state index in [2.05, 4.69) is 118 Å². The molecule has 0 aliphatic heterocycles. The maximum atomic E-state index is 7.01. The fourth-order valence-electron chi connectivity index (χ4n) is 3.49. The van der Waals surface area contributed by atoms with Gasteiger partial charge in [-0.25, -0.2) is 0 Å². The van der Waals surface area contributed by atoms with E-state index in [9.17, 15) is 0 Å². The summed E-state index contributed by atoms with van der Waals surface area (Å²) in [4.78, 5) is 0. The Morgan fingerprint density at radius 2 is 0.556 bits per heavy atom. The SMILES string of the molecule is C[Si](C)(C)OC[C@@H](O[Si](C)(C)C)[C@H](O[Si](C)(C)C)[C@H](O[Si](C)(C)C)[C@@H](CO[Si](C)(C)C)O[Si](C)(C)C. The van der Waals surface area contributed by atoms with E-state index in [-0.39, 0.29) is 24.4 Å². The molecule has 0 amide bonds. The highest BCUT2D eigenvalue weighted by atomic mass is 28.4. The number of rotatable bonds is 17. The van der Waals surface area contributed by atoms with Crippen LogP contribution >= 0.6 is 0 Å². The molecule has 0 aliphatic rings. The molecule has 0 bridgehead atoms. The molecule has 36 heavy (non-hydrogen) atoms. The van der Waals surface area contributed by atoms with Crippen LogP contribution in [0.4, 0.5) is 0 Å².